The number of benzene rings is 1. The van der Waals surface area contributed by atoms with E-state index in [1.807, 2.05) is 12.4 Å². The van der Waals surface area contributed by atoms with Crippen molar-refractivity contribution in [2.75, 3.05) is 0 Å². The Hall–Kier alpha value is -2.23. The van der Waals surface area contributed by atoms with E-state index in [2.05, 4.69) is 28.7 Å². The number of imidazole rings is 1. The van der Waals surface area contributed by atoms with Crippen LogP contribution in [0, 0.1) is 11.7 Å². The Bertz CT molecular complexity index is 951. The van der Waals surface area contributed by atoms with Crippen molar-refractivity contribution in [2.24, 2.45) is 5.92 Å². The van der Waals surface area contributed by atoms with Gasteiger partial charge in [0.05, 0.1) is 5.52 Å². The predicted octanol–water partition coefficient (Wildman–Crippen LogP) is 5.98. The summed E-state index contributed by atoms with van der Waals surface area (Å²) in [6.45, 7) is 2.35. The van der Waals surface area contributed by atoms with Crippen LogP contribution in [0.25, 0.3) is 10.9 Å². The molecule has 2 fully saturated rings. The zero-order valence-electron chi connectivity index (χ0n) is 15.8. The average molecular weight is 363 g/mol. The lowest BCUT2D eigenvalue weighted by molar-refractivity contribution is 0.282. The summed E-state index contributed by atoms with van der Waals surface area (Å²) >= 11 is 0. The van der Waals surface area contributed by atoms with Gasteiger partial charge in [0.2, 0.25) is 0 Å². The molecule has 3 aromatic rings. The highest BCUT2D eigenvalue weighted by Crippen LogP contribution is 2.44. The highest BCUT2D eigenvalue weighted by atomic mass is 19.1. The standard InChI is InChI=1S/C23H26FN3/c1-15(23-26-12-13-27(23)19-7-8-19)16-2-4-17(5-3-16)20-10-11-25-22-9-6-18(24)14-21(20)22/h6,9-17,19H,2-5,7-8H2,1H3/t15?,16-,17+. The molecular weight excluding hydrogens is 337 g/mol. The SMILES string of the molecule is CC(c1nccn1C1CC1)[C@H]1CC[C@@H](c2ccnc3ccc(F)cc32)CC1. The number of pyridine rings is 1. The Morgan fingerprint density at radius 2 is 1.81 bits per heavy atom. The molecule has 2 aliphatic carbocycles. The minimum Gasteiger partial charge on any atom is -0.332 e. The first kappa shape index (κ1) is 16.9. The van der Waals surface area contributed by atoms with Crippen molar-refractivity contribution in [2.45, 2.75) is 63.3 Å². The van der Waals surface area contributed by atoms with Crippen LogP contribution in [-0.2, 0) is 0 Å². The summed E-state index contributed by atoms with van der Waals surface area (Å²) in [4.78, 5) is 9.10. The van der Waals surface area contributed by atoms with Crippen LogP contribution in [0.5, 0.6) is 0 Å². The smallest absolute Gasteiger partial charge is 0.123 e. The lowest BCUT2D eigenvalue weighted by Gasteiger charge is -2.33. The normalized spacial score (nSPS) is 24.2. The van der Waals surface area contributed by atoms with Crippen LogP contribution < -0.4 is 0 Å². The third-order valence-corrected chi connectivity index (χ3v) is 6.70. The molecule has 3 nitrogen and oxygen atoms in total. The molecule has 0 aliphatic heterocycles. The molecule has 0 bridgehead atoms. The fraction of sp³-hybridized carbons (Fsp3) is 0.478. The van der Waals surface area contributed by atoms with Crippen molar-refractivity contribution in [1.82, 2.24) is 14.5 Å². The summed E-state index contributed by atoms with van der Waals surface area (Å²) in [7, 11) is 0. The topological polar surface area (TPSA) is 30.7 Å². The van der Waals surface area contributed by atoms with Gasteiger partial charge in [-0.2, -0.15) is 0 Å². The van der Waals surface area contributed by atoms with E-state index in [0.717, 1.165) is 23.7 Å². The number of fused-ring (bicyclic) bond motifs is 1. The largest absolute Gasteiger partial charge is 0.332 e. The second kappa shape index (κ2) is 6.74. The molecule has 1 unspecified atom stereocenters. The monoisotopic (exact) mass is 363 g/mol. The van der Waals surface area contributed by atoms with Crippen LogP contribution in [-0.4, -0.2) is 14.5 Å². The fourth-order valence-electron chi connectivity index (χ4n) is 4.98. The van der Waals surface area contributed by atoms with Gasteiger partial charge in [0, 0.05) is 35.9 Å². The van der Waals surface area contributed by atoms with E-state index in [9.17, 15) is 4.39 Å². The third-order valence-electron chi connectivity index (χ3n) is 6.70. The Balaban J connectivity index is 1.33. The van der Waals surface area contributed by atoms with Crippen molar-refractivity contribution in [3.05, 3.63) is 60.1 Å². The van der Waals surface area contributed by atoms with E-state index in [1.165, 1.54) is 43.1 Å². The van der Waals surface area contributed by atoms with E-state index < -0.39 is 0 Å². The van der Waals surface area contributed by atoms with Crippen LogP contribution >= 0.6 is 0 Å². The van der Waals surface area contributed by atoms with Crippen LogP contribution in [0.4, 0.5) is 4.39 Å². The minimum atomic E-state index is -0.175. The van der Waals surface area contributed by atoms with Gasteiger partial charge in [0.25, 0.3) is 0 Å². The van der Waals surface area contributed by atoms with Crippen molar-refractivity contribution in [3.63, 3.8) is 0 Å². The summed E-state index contributed by atoms with van der Waals surface area (Å²) in [5.41, 5.74) is 2.17. The van der Waals surface area contributed by atoms with Gasteiger partial charge in [-0.25, -0.2) is 9.37 Å². The number of halogens is 1. The zero-order valence-corrected chi connectivity index (χ0v) is 15.8. The fourth-order valence-corrected chi connectivity index (χ4v) is 4.98. The van der Waals surface area contributed by atoms with Crippen LogP contribution in [0.2, 0.25) is 0 Å². The van der Waals surface area contributed by atoms with Gasteiger partial charge in [0.15, 0.2) is 0 Å². The number of rotatable bonds is 4. The van der Waals surface area contributed by atoms with Gasteiger partial charge in [0.1, 0.15) is 11.6 Å². The second-order valence-corrected chi connectivity index (χ2v) is 8.39. The molecule has 1 atom stereocenters. The van der Waals surface area contributed by atoms with E-state index in [-0.39, 0.29) is 5.82 Å². The summed E-state index contributed by atoms with van der Waals surface area (Å²) in [6.07, 6.45) is 13.3. The third kappa shape index (κ3) is 3.15. The van der Waals surface area contributed by atoms with Crippen molar-refractivity contribution >= 4 is 10.9 Å². The summed E-state index contributed by atoms with van der Waals surface area (Å²) in [5.74, 6) is 2.80. The van der Waals surface area contributed by atoms with Gasteiger partial charge in [-0.15, -0.1) is 0 Å². The molecule has 0 spiro atoms. The maximum Gasteiger partial charge on any atom is 0.123 e. The van der Waals surface area contributed by atoms with Gasteiger partial charge in [-0.05, 0) is 80.2 Å². The summed E-state index contributed by atoms with van der Waals surface area (Å²) in [5, 5.41) is 0.985. The molecule has 5 rings (SSSR count). The number of hydrogen-bond donors (Lipinski definition) is 0. The molecule has 140 valence electrons. The van der Waals surface area contributed by atoms with Crippen LogP contribution in [0.3, 0.4) is 0 Å². The molecule has 2 heterocycles. The molecule has 2 saturated carbocycles. The molecule has 2 aromatic heterocycles. The molecule has 0 saturated heterocycles. The number of aromatic nitrogens is 3. The Morgan fingerprint density at radius 3 is 2.59 bits per heavy atom. The molecule has 4 heteroatoms. The van der Waals surface area contributed by atoms with Crippen molar-refractivity contribution in [3.8, 4) is 0 Å². The van der Waals surface area contributed by atoms with E-state index in [4.69, 9.17) is 4.98 Å². The summed E-state index contributed by atoms with van der Waals surface area (Å²) < 4.78 is 16.2. The van der Waals surface area contributed by atoms with Crippen molar-refractivity contribution in [1.29, 1.82) is 0 Å². The molecule has 27 heavy (non-hydrogen) atoms. The van der Waals surface area contributed by atoms with Gasteiger partial charge in [-0.3, -0.25) is 4.98 Å². The molecule has 0 N–H and O–H groups in total. The van der Waals surface area contributed by atoms with E-state index >= 15 is 0 Å². The minimum absolute atomic E-state index is 0.175. The zero-order chi connectivity index (χ0) is 18.4. The Labute approximate surface area is 159 Å². The summed E-state index contributed by atoms with van der Waals surface area (Å²) in [6, 6.07) is 7.73. The highest BCUT2D eigenvalue weighted by molar-refractivity contribution is 5.82. The molecule has 0 amide bonds. The first-order valence-corrected chi connectivity index (χ1v) is 10.3. The lowest BCUT2D eigenvalue weighted by atomic mass is 9.73. The van der Waals surface area contributed by atoms with Gasteiger partial charge >= 0.3 is 0 Å². The number of hydrogen-bond acceptors (Lipinski definition) is 2. The first-order chi connectivity index (χ1) is 13.2. The van der Waals surface area contributed by atoms with Crippen LogP contribution in [0.15, 0.2) is 42.9 Å². The van der Waals surface area contributed by atoms with E-state index in [0.29, 0.717) is 23.8 Å². The molecule has 1 aromatic carbocycles. The van der Waals surface area contributed by atoms with Crippen molar-refractivity contribution < 1.29 is 4.39 Å². The quantitative estimate of drug-likeness (QED) is 0.570. The Kier molecular flexibility index (Phi) is 4.22. The maximum atomic E-state index is 13.8. The predicted molar refractivity (Wildman–Crippen MR) is 105 cm³/mol. The Morgan fingerprint density at radius 1 is 1.00 bits per heavy atom. The highest BCUT2D eigenvalue weighted by Gasteiger charge is 2.32. The van der Waals surface area contributed by atoms with E-state index in [1.54, 1.807) is 12.1 Å². The lowest BCUT2D eigenvalue weighted by Crippen LogP contribution is -2.20. The van der Waals surface area contributed by atoms with Gasteiger partial charge in [-0.1, -0.05) is 6.92 Å². The molecule has 0 radical (unpaired) electrons. The van der Waals surface area contributed by atoms with Gasteiger partial charge < -0.3 is 4.57 Å². The second-order valence-electron chi connectivity index (χ2n) is 8.39. The average Bonchev–Trinajstić information content (AvgIpc) is 3.43. The molecule has 2 aliphatic rings. The first-order valence-electron chi connectivity index (χ1n) is 10.3. The number of nitrogens with zero attached hydrogens (tertiary/aromatic N) is 3. The molecular formula is C23H26FN3. The van der Waals surface area contributed by atoms with Crippen LogP contribution in [0.1, 0.15) is 74.7 Å². The maximum absolute atomic E-state index is 13.8.